The molecule has 5 nitrogen and oxygen atoms in total. The van der Waals surface area contributed by atoms with Crippen LogP contribution in [0.25, 0.3) is 5.70 Å². The lowest BCUT2D eigenvalue weighted by molar-refractivity contribution is 0.466. The van der Waals surface area contributed by atoms with E-state index in [1.807, 2.05) is 19.0 Å². The topological polar surface area (TPSA) is 55.5 Å². The van der Waals surface area contributed by atoms with Crippen molar-refractivity contribution in [3.63, 3.8) is 0 Å². The average molecular weight is 202 g/mol. The maximum Gasteiger partial charge on any atom is 0.179 e. The molecule has 1 aliphatic heterocycles. The first-order chi connectivity index (χ1) is 7.25. The summed E-state index contributed by atoms with van der Waals surface area (Å²) in [6.45, 7) is 0.729. The van der Waals surface area contributed by atoms with Gasteiger partial charge in [-0.25, -0.2) is 20.3 Å². The van der Waals surface area contributed by atoms with Gasteiger partial charge in [-0.05, 0) is 20.2 Å². The molecule has 77 valence electrons. The van der Waals surface area contributed by atoms with E-state index in [9.17, 15) is 0 Å². The predicted octanol–water partition coefficient (Wildman–Crippen LogP) is 0.353. The molecule has 0 fully saturated rings. The van der Waals surface area contributed by atoms with Crippen LogP contribution in [0.15, 0.2) is 29.7 Å². The Morgan fingerprint density at radius 3 is 2.60 bits per heavy atom. The van der Waals surface area contributed by atoms with E-state index in [1.165, 1.54) is 0 Å². The second kappa shape index (κ2) is 4.18. The van der Waals surface area contributed by atoms with Gasteiger partial charge >= 0.3 is 0 Å². The van der Waals surface area contributed by atoms with Gasteiger partial charge in [-0.15, -0.1) is 0 Å². The molecule has 2 heterocycles. The maximum atomic E-state index is 4.34. The molecule has 2 rings (SSSR count). The van der Waals surface area contributed by atoms with Crippen LogP contribution in [0.5, 0.6) is 0 Å². The first-order valence-electron chi connectivity index (χ1n) is 4.66. The molecule has 1 aromatic heterocycles. The van der Waals surface area contributed by atoms with Crippen LogP contribution < -0.4 is 5.32 Å². The summed E-state index contributed by atoms with van der Waals surface area (Å²) in [7, 11) is 3.96. The van der Waals surface area contributed by atoms with Crippen molar-refractivity contribution in [3.8, 4) is 0 Å². The number of aromatic nitrogens is 2. The third kappa shape index (κ3) is 2.38. The largest absolute Gasteiger partial charge is 0.302 e. The minimum Gasteiger partial charge on any atom is -0.302 e. The number of hydrogen-bond acceptors (Lipinski definition) is 4. The summed E-state index contributed by atoms with van der Waals surface area (Å²) < 4.78 is 0. The van der Waals surface area contributed by atoms with Gasteiger partial charge in [0.25, 0.3) is 0 Å². The van der Waals surface area contributed by atoms with Crippen molar-refractivity contribution in [1.29, 1.82) is 0 Å². The predicted molar refractivity (Wildman–Crippen MR) is 58.1 cm³/mol. The zero-order valence-electron chi connectivity index (χ0n) is 8.75. The molecule has 0 bridgehead atoms. The van der Waals surface area contributed by atoms with E-state index in [4.69, 9.17) is 0 Å². The van der Waals surface area contributed by atoms with Crippen LogP contribution >= 0.6 is 0 Å². The third-order valence-corrected chi connectivity index (χ3v) is 1.84. The van der Waals surface area contributed by atoms with Crippen molar-refractivity contribution in [2.45, 2.75) is 0 Å². The van der Waals surface area contributed by atoms with Gasteiger partial charge in [0.2, 0.25) is 0 Å². The molecule has 0 spiro atoms. The van der Waals surface area contributed by atoms with Crippen LogP contribution in [-0.4, -0.2) is 41.3 Å². The van der Waals surface area contributed by atoms with Gasteiger partial charge in [0.1, 0.15) is 11.5 Å². The summed E-state index contributed by atoms with van der Waals surface area (Å²) in [5, 5.41) is 4.20. The van der Waals surface area contributed by atoms with Gasteiger partial charge in [-0.2, -0.15) is 0 Å². The molecule has 0 saturated carbocycles. The van der Waals surface area contributed by atoms with Gasteiger partial charge in [0.15, 0.2) is 5.82 Å². The monoisotopic (exact) mass is 202 g/mol. The van der Waals surface area contributed by atoms with Crippen molar-refractivity contribution in [2.75, 3.05) is 20.6 Å². The van der Waals surface area contributed by atoms with Crippen LogP contribution in [0.4, 0.5) is 0 Å². The van der Waals surface area contributed by atoms with Crippen molar-refractivity contribution in [1.82, 2.24) is 20.2 Å². The Morgan fingerprint density at radius 1 is 1.20 bits per heavy atom. The molecular formula is C10H12N5. The SMILES string of the molecule is CN(C)CC1=NC(c2ncccn2)=C[N]1. The van der Waals surface area contributed by atoms with Crippen molar-refractivity contribution in [3.05, 3.63) is 30.5 Å². The third-order valence-electron chi connectivity index (χ3n) is 1.84. The molecule has 0 aliphatic carbocycles. The first-order valence-corrected chi connectivity index (χ1v) is 4.66. The van der Waals surface area contributed by atoms with Gasteiger partial charge in [-0.3, -0.25) is 0 Å². The normalized spacial score (nSPS) is 14.9. The highest BCUT2D eigenvalue weighted by atomic mass is 15.1. The number of amidine groups is 1. The van der Waals surface area contributed by atoms with E-state index in [0.29, 0.717) is 5.82 Å². The number of hydrogen-bond donors (Lipinski definition) is 0. The van der Waals surface area contributed by atoms with Crippen LogP contribution in [0.1, 0.15) is 5.82 Å². The highest BCUT2D eigenvalue weighted by Crippen LogP contribution is 2.13. The second-order valence-electron chi connectivity index (χ2n) is 3.48. The first kappa shape index (κ1) is 9.79. The number of nitrogens with zero attached hydrogens (tertiary/aromatic N) is 5. The smallest absolute Gasteiger partial charge is 0.179 e. The van der Waals surface area contributed by atoms with Crippen molar-refractivity contribution >= 4 is 11.5 Å². The summed E-state index contributed by atoms with van der Waals surface area (Å²) in [5.74, 6) is 1.41. The molecule has 5 heteroatoms. The Balaban J connectivity index is 2.11. The molecule has 1 aromatic rings. The standard InChI is InChI=1S/C10H12N5/c1-15(2)7-9-13-6-8(14-9)10-11-4-3-5-12-10/h3-6H,7H2,1-2H3. The molecular weight excluding hydrogens is 190 g/mol. The number of aliphatic imine (C=N–C) groups is 1. The molecule has 0 atom stereocenters. The van der Waals surface area contributed by atoms with Crippen LogP contribution in [0, 0.1) is 0 Å². The minimum atomic E-state index is 0.620. The lowest BCUT2D eigenvalue weighted by atomic mass is 10.4. The Labute approximate surface area is 88.6 Å². The Kier molecular flexibility index (Phi) is 2.73. The molecule has 1 radical (unpaired) electrons. The van der Waals surface area contributed by atoms with E-state index in [1.54, 1.807) is 24.7 Å². The van der Waals surface area contributed by atoms with Gasteiger partial charge in [-0.1, -0.05) is 0 Å². The molecule has 0 aromatic carbocycles. The van der Waals surface area contributed by atoms with Gasteiger partial charge < -0.3 is 4.90 Å². The van der Waals surface area contributed by atoms with E-state index in [-0.39, 0.29) is 0 Å². The summed E-state index contributed by atoms with van der Waals surface area (Å²) in [4.78, 5) is 14.6. The van der Waals surface area contributed by atoms with Crippen LogP contribution in [0.2, 0.25) is 0 Å². The fourth-order valence-electron chi connectivity index (χ4n) is 1.23. The molecule has 0 saturated heterocycles. The molecule has 0 unspecified atom stereocenters. The summed E-state index contributed by atoms with van der Waals surface area (Å²) >= 11 is 0. The minimum absolute atomic E-state index is 0.620. The second-order valence-corrected chi connectivity index (χ2v) is 3.48. The van der Waals surface area contributed by atoms with Gasteiger partial charge in [0.05, 0.1) is 12.7 Å². The van der Waals surface area contributed by atoms with Crippen molar-refractivity contribution < 1.29 is 0 Å². The van der Waals surface area contributed by atoms with Crippen molar-refractivity contribution in [2.24, 2.45) is 4.99 Å². The summed E-state index contributed by atoms with van der Waals surface area (Å²) in [5.41, 5.74) is 0.729. The lowest BCUT2D eigenvalue weighted by Crippen LogP contribution is -2.24. The summed E-state index contributed by atoms with van der Waals surface area (Å²) in [6, 6.07) is 1.78. The molecule has 0 amide bonds. The fraction of sp³-hybridized carbons (Fsp3) is 0.300. The quantitative estimate of drug-likeness (QED) is 0.710. The molecule has 0 N–H and O–H groups in total. The van der Waals surface area contributed by atoms with Gasteiger partial charge in [0, 0.05) is 12.4 Å². The van der Waals surface area contributed by atoms with Crippen LogP contribution in [-0.2, 0) is 0 Å². The number of rotatable bonds is 3. The van der Waals surface area contributed by atoms with E-state index < -0.39 is 0 Å². The maximum absolute atomic E-state index is 4.34. The van der Waals surface area contributed by atoms with E-state index >= 15 is 0 Å². The zero-order valence-corrected chi connectivity index (χ0v) is 8.75. The average Bonchev–Trinajstić information content (AvgIpc) is 2.67. The highest BCUT2D eigenvalue weighted by Gasteiger charge is 2.13. The fourth-order valence-corrected chi connectivity index (χ4v) is 1.23. The summed E-state index contributed by atoms with van der Waals surface area (Å²) in [6.07, 6.45) is 5.10. The molecule has 1 aliphatic rings. The van der Waals surface area contributed by atoms with Crippen LogP contribution in [0.3, 0.4) is 0 Å². The molecule has 15 heavy (non-hydrogen) atoms. The number of likely N-dealkylation sites (N-methyl/N-ethyl adjacent to an activating group) is 1. The van der Waals surface area contributed by atoms with E-state index in [2.05, 4.69) is 20.3 Å². The lowest BCUT2D eigenvalue weighted by Gasteiger charge is -2.07. The van der Waals surface area contributed by atoms with E-state index in [0.717, 1.165) is 18.1 Å². The Morgan fingerprint density at radius 2 is 1.93 bits per heavy atom. The zero-order chi connectivity index (χ0) is 10.7. The highest BCUT2D eigenvalue weighted by molar-refractivity contribution is 5.93. The Hall–Kier alpha value is -1.75. The Bertz CT molecular complexity index is 394.